The molecule has 0 aromatic heterocycles. The Hall–Kier alpha value is -1.26. The Bertz CT molecular complexity index is 503. The van der Waals surface area contributed by atoms with Gasteiger partial charge in [-0.25, -0.2) is 0 Å². The number of aliphatic hydroxyl groups is 1. The van der Waals surface area contributed by atoms with Crippen molar-refractivity contribution in [3.8, 4) is 0 Å². The molecule has 20 heavy (non-hydrogen) atoms. The van der Waals surface area contributed by atoms with Crippen LogP contribution in [0, 0.1) is 0 Å². The Labute approximate surface area is 124 Å². The van der Waals surface area contributed by atoms with Gasteiger partial charge in [0.25, 0.3) is 5.91 Å². The normalized spacial score (nSPS) is 22.1. The van der Waals surface area contributed by atoms with E-state index in [1.165, 1.54) is 0 Å². The van der Waals surface area contributed by atoms with Crippen molar-refractivity contribution in [2.24, 2.45) is 0 Å². The van der Waals surface area contributed by atoms with Crippen LogP contribution in [0.15, 0.2) is 18.2 Å². The first-order valence-corrected chi connectivity index (χ1v) is 7.36. The summed E-state index contributed by atoms with van der Waals surface area (Å²) < 4.78 is 0. The average Bonchev–Trinajstić information content (AvgIpc) is 2.77. The number of anilines is 1. The van der Waals surface area contributed by atoms with E-state index in [-0.39, 0.29) is 5.91 Å². The molecule has 1 fully saturated rings. The zero-order valence-corrected chi connectivity index (χ0v) is 12.7. The third-order valence-electron chi connectivity index (χ3n) is 3.52. The lowest BCUT2D eigenvalue weighted by atomic mass is 10.1. The van der Waals surface area contributed by atoms with E-state index >= 15 is 0 Å². The van der Waals surface area contributed by atoms with Gasteiger partial charge in [0, 0.05) is 30.3 Å². The number of nitrogens with zero attached hydrogens (tertiary/aromatic N) is 1. The van der Waals surface area contributed by atoms with Crippen LogP contribution in [-0.4, -0.2) is 41.1 Å². The zero-order chi connectivity index (χ0) is 14.8. The SMILES string of the molecule is CCCNc1ccc(Cl)cc1C(=O)N1CCC(C)(O)C1. The maximum atomic E-state index is 12.6. The number of β-amino-alcohol motifs (C(OH)–C–C–N with tert-alkyl or cyclic N) is 1. The van der Waals surface area contributed by atoms with Gasteiger partial charge >= 0.3 is 0 Å². The molecule has 0 spiro atoms. The number of hydrogen-bond donors (Lipinski definition) is 2. The summed E-state index contributed by atoms with van der Waals surface area (Å²) in [5.41, 5.74) is 0.585. The van der Waals surface area contributed by atoms with Gasteiger partial charge in [-0.15, -0.1) is 0 Å². The third-order valence-corrected chi connectivity index (χ3v) is 3.75. The molecule has 0 bridgehead atoms. The van der Waals surface area contributed by atoms with E-state index in [1.807, 2.05) is 6.07 Å². The minimum absolute atomic E-state index is 0.0797. The predicted molar refractivity (Wildman–Crippen MR) is 81.4 cm³/mol. The van der Waals surface area contributed by atoms with Crippen molar-refractivity contribution < 1.29 is 9.90 Å². The lowest BCUT2D eigenvalue weighted by Gasteiger charge is -2.21. The summed E-state index contributed by atoms with van der Waals surface area (Å²) in [5, 5.41) is 13.8. The molecular weight excluding hydrogens is 276 g/mol. The van der Waals surface area contributed by atoms with E-state index in [1.54, 1.807) is 24.0 Å². The molecule has 1 unspecified atom stereocenters. The highest BCUT2D eigenvalue weighted by molar-refractivity contribution is 6.31. The fourth-order valence-corrected chi connectivity index (χ4v) is 2.57. The first kappa shape index (κ1) is 15.1. The molecule has 1 atom stereocenters. The topological polar surface area (TPSA) is 52.6 Å². The van der Waals surface area contributed by atoms with Gasteiger partial charge < -0.3 is 15.3 Å². The summed E-state index contributed by atoms with van der Waals surface area (Å²) in [6, 6.07) is 5.30. The first-order chi connectivity index (χ1) is 9.43. The van der Waals surface area contributed by atoms with Crippen LogP contribution in [0.1, 0.15) is 37.0 Å². The first-order valence-electron chi connectivity index (χ1n) is 6.98. The number of carbonyl (C=O) groups is 1. The standard InChI is InChI=1S/C15H21ClN2O2/c1-3-7-17-13-5-4-11(16)9-12(13)14(19)18-8-6-15(2,20)10-18/h4-5,9,17,20H,3,6-8,10H2,1-2H3. The van der Waals surface area contributed by atoms with E-state index in [0.717, 1.165) is 18.7 Å². The molecule has 4 nitrogen and oxygen atoms in total. The fraction of sp³-hybridized carbons (Fsp3) is 0.533. The van der Waals surface area contributed by atoms with Gasteiger partial charge in [-0.05, 0) is 38.0 Å². The smallest absolute Gasteiger partial charge is 0.256 e. The molecular formula is C15H21ClN2O2. The molecule has 0 saturated carbocycles. The monoisotopic (exact) mass is 296 g/mol. The molecule has 1 aromatic rings. The van der Waals surface area contributed by atoms with E-state index < -0.39 is 5.60 Å². The number of nitrogens with one attached hydrogen (secondary N) is 1. The fourth-order valence-electron chi connectivity index (χ4n) is 2.40. The van der Waals surface area contributed by atoms with Crippen molar-refractivity contribution in [1.82, 2.24) is 4.90 Å². The Morgan fingerprint density at radius 1 is 1.55 bits per heavy atom. The third kappa shape index (κ3) is 3.44. The second-order valence-electron chi connectivity index (χ2n) is 5.59. The van der Waals surface area contributed by atoms with Gasteiger partial charge in [0.1, 0.15) is 0 Å². The van der Waals surface area contributed by atoms with Crippen LogP contribution in [0.2, 0.25) is 5.02 Å². The lowest BCUT2D eigenvalue weighted by molar-refractivity contribution is 0.0572. The van der Waals surface area contributed by atoms with Crippen molar-refractivity contribution in [3.63, 3.8) is 0 Å². The molecule has 0 aliphatic carbocycles. The maximum Gasteiger partial charge on any atom is 0.256 e. The van der Waals surface area contributed by atoms with Crippen LogP contribution in [0.25, 0.3) is 0 Å². The molecule has 5 heteroatoms. The number of carbonyl (C=O) groups excluding carboxylic acids is 1. The Kier molecular flexibility index (Phi) is 4.55. The lowest BCUT2D eigenvalue weighted by Crippen LogP contribution is -2.34. The quantitative estimate of drug-likeness (QED) is 0.898. The van der Waals surface area contributed by atoms with E-state index in [9.17, 15) is 9.90 Å². The van der Waals surface area contributed by atoms with Crippen LogP contribution in [0.3, 0.4) is 0 Å². The summed E-state index contributed by atoms with van der Waals surface area (Å²) in [4.78, 5) is 14.3. The second-order valence-corrected chi connectivity index (χ2v) is 6.03. The van der Waals surface area contributed by atoms with Gasteiger partial charge in [0.05, 0.1) is 11.2 Å². The Morgan fingerprint density at radius 3 is 2.90 bits per heavy atom. The number of halogens is 1. The Morgan fingerprint density at radius 2 is 2.30 bits per heavy atom. The summed E-state index contributed by atoms with van der Waals surface area (Å²) in [5.74, 6) is -0.0797. The van der Waals surface area contributed by atoms with E-state index in [0.29, 0.717) is 30.1 Å². The van der Waals surface area contributed by atoms with E-state index in [2.05, 4.69) is 12.2 Å². The number of rotatable bonds is 4. The molecule has 110 valence electrons. The molecule has 1 aliphatic heterocycles. The number of benzene rings is 1. The van der Waals surface area contributed by atoms with Crippen LogP contribution in [0.5, 0.6) is 0 Å². The van der Waals surface area contributed by atoms with Gasteiger partial charge in [0.15, 0.2) is 0 Å². The van der Waals surface area contributed by atoms with Gasteiger partial charge in [0.2, 0.25) is 0 Å². The van der Waals surface area contributed by atoms with Crippen LogP contribution in [-0.2, 0) is 0 Å². The molecule has 1 amide bonds. The number of amides is 1. The van der Waals surface area contributed by atoms with Crippen molar-refractivity contribution in [3.05, 3.63) is 28.8 Å². The van der Waals surface area contributed by atoms with Gasteiger partial charge in [-0.3, -0.25) is 4.79 Å². The largest absolute Gasteiger partial charge is 0.388 e. The summed E-state index contributed by atoms with van der Waals surface area (Å²) in [6.45, 7) is 5.58. The molecule has 1 aliphatic rings. The number of likely N-dealkylation sites (tertiary alicyclic amines) is 1. The second kappa shape index (κ2) is 6.02. The minimum atomic E-state index is -0.786. The van der Waals surface area contributed by atoms with Crippen molar-refractivity contribution in [2.75, 3.05) is 25.0 Å². The molecule has 1 heterocycles. The molecule has 0 radical (unpaired) electrons. The van der Waals surface area contributed by atoms with E-state index in [4.69, 9.17) is 11.6 Å². The van der Waals surface area contributed by atoms with Crippen LogP contribution >= 0.6 is 11.6 Å². The molecule has 1 saturated heterocycles. The van der Waals surface area contributed by atoms with Crippen molar-refractivity contribution in [1.29, 1.82) is 0 Å². The highest BCUT2D eigenvalue weighted by atomic mass is 35.5. The van der Waals surface area contributed by atoms with Crippen LogP contribution in [0.4, 0.5) is 5.69 Å². The zero-order valence-electron chi connectivity index (χ0n) is 11.9. The summed E-state index contributed by atoms with van der Waals surface area (Å²) in [6.07, 6.45) is 1.59. The highest BCUT2D eigenvalue weighted by Crippen LogP contribution is 2.26. The molecule has 2 rings (SSSR count). The minimum Gasteiger partial charge on any atom is -0.388 e. The van der Waals surface area contributed by atoms with Gasteiger partial charge in [-0.1, -0.05) is 18.5 Å². The number of hydrogen-bond acceptors (Lipinski definition) is 3. The Balaban J connectivity index is 2.22. The van der Waals surface area contributed by atoms with Crippen LogP contribution < -0.4 is 5.32 Å². The highest BCUT2D eigenvalue weighted by Gasteiger charge is 2.34. The summed E-state index contributed by atoms with van der Waals surface area (Å²) in [7, 11) is 0. The van der Waals surface area contributed by atoms with Gasteiger partial charge in [-0.2, -0.15) is 0 Å². The summed E-state index contributed by atoms with van der Waals surface area (Å²) >= 11 is 6.01. The average molecular weight is 297 g/mol. The van der Waals surface area contributed by atoms with Crippen molar-refractivity contribution in [2.45, 2.75) is 32.3 Å². The van der Waals surface area contributed by atoms with Crippen molar-refractivity contribution >= 4 is 23.2 Å². The predicted octanol–water partition coefficient (Wildman–Crippen LogP) is 2.76. The molecule has 1 aromatic carbocycles. The maximum absolute atomic E-state index is 12.6. The molecule has 2 N–H and O–H groups in total.